The standard InChI is InChI=1S/C39H45Cl2N7O6/c1-38(2,3)53-36(50)46(20-25-12-14-31(49)44-25)18-23-11-13-30(45-35(23)52-7)29-10-8-9-27(32(29)40)28-15-16-42-34(33(28)41)24-17-43-48(19-24)26-21-47(22-26)37(51)54-39(4,5)6/h8-11,13,15-17,19,25-26H,12,14,18,20-22H2,1-7H3,(H,44,49)/t25-/m0/s1. The number of amides is 3. The molecule has 1 aromatic carbocycles. The molecule has 2 saturated heterocycles. The van der Waals surface area contributed by atoms with Crippen LogP contribution in [0.3, 0.4) is 0 Å². The maximum Gasteiger partial charge on any atom is 0.410 e. The Balaban J connectivity index is 1.22. The quantitative estimate of drug-likeness (QED) is 0.180. The first-order valence-electron chi connectivity index (χ1n) is 17.8. The van der Waals surface area contributed by atoms with Crippen molar-refractivity contribution in [3.63, 3.8) is 0 Å². The SMILES string of the molecule is COc1nc(-c2cccc(-c3ccnc(-c4cnn(C5CN(C(=O)OC(C)(C)C)C5)c4)c3Cl)c2Cl)ccc1CN(C[C@@H]1CCC(=O)N1)C(=O)OC(C)(C)C. The monoisotopic (exact) mass is 777 g/mol. The second-order valence-electron chi connectivity index (χ2n) is 15.5. The van der Waals surface area contributed by atoms with E-state index in [9.17, 15) is 14.4 Å². The fourth-order valence-electron chi connectivity index (χ4n) is 6.28. The fraction of sp³-hybridized carbons (Fsp3) is 0.436. The van der Waals surface area contributed by atoms with Crippen molar-refractivity contribution >= 4 is 41.3 Å². The number of carbonyl (C=O) groups excluding carboxylic acids is 3. The Morgan fingerprint density at radius 1 is 0.963 bits per heavy atom. The van der Waals surface area contributed by atoms with Crippen LogP contribution in [0.2, 0.25) is 10.0 Å². The highest BCUT2D eigenvalue weighted by Gasteiger charge is 2.35. The third-order valence-corrected chi connectivity index (χ3v) is 9.68. The van der Waals surface area contributed by atoms with E-state index in [1.54, 1.807) is 28.3 Å². The summed E-state index contributed by atoms with van der Waals surface area (Å²) in [5, 5.41) is 8.30. The lowest BCUT2D eigenvalue weighted by Crippen LogP contribution is -2.52. The van der Waals surface area contributed by atoms with Gasteiger partial charge in [-0.25, -0.2) is 14.6 Å². The maximum absolute atomic E-state index is 13.3. The van der Waals surface area contributed by atoms with E-state index in [0.717, 1.165) is 5.56 Å². The van der Waals surface area contributed by atoms with Crippen LogP contribution in [0.5, 0.6) is 5.88 Å². The minimum absolute atomic E-state index is 0.00518. The van der Waals surface area contributed by atoms with Crippen LogP contribution in [0, 0.1) is 0 Å². The van der Waals surface area contributed by atoms with Crippen molar-refractivity contribution in [1.29, 1.82) is 0 Å². The lowest BCUT2D eigenvalue weighted by molar-refractivity contribution is -0.119. The second-order valence-corrected chi connectivity index (χ2v) is 16.2. The molecule has 3 amide bonds. The summed E-state index contributed by atoms with van der Waals surface area (Å²) >= 11 is 14.1. The predicted molar refractivity (Wildman–Crippen MR) is 205 cm³/mol. The largest absolute Gasteiger partial charge is 0.481 e. The number of pyridine rings is 2. The van der Waals surface area contributed by atoms with Gasteiger partial charge >= 0.3 is 12.2 Å². The third kappa shape index (κ3) is 8.90. The zero-order valence-electron chi connectivity index (χ0n) is 31.5. The number of aromatic nitrogens is 4. The maximum atomic E-state index is 13.3. The van der Waals surface area contributed by atoms with E-state index < -0.39 is 17.3 Å². The topological polar surface area (TPSA) is 141 Å². The first kappa shape index (κ1) is 38.8. The van der Waals surface area contributed by atoms with Crippen molar-refractivity contribution in [1.82, 2.24) is 34.9 Å². The van der Waals surface area contributed by atoms with E-state index in [1.165, 1.54) is 7.11 Å². The fourth-order valence-corrected chi connectivity index (χ4v) is 6.93. The summed E-state index contributed by atoms with van der Waals surface area (Å²) < 4.78 is 18.7. The lowest BCUT2D eigenvalue weighted by Gasteiger charge is -2.39. The molecule has 54 heavy (non-hydrogen) atoms. The molecular weight excluding hydrogens is 733 g/mol. The molecule has 13 nitrogen and oxygen atoms in total. The highest BCUT2D eigenvalue weighted by atomic mass is 35.5. The van der Waals surface area contributed by atoms with Crippen LogP contribution in [-0.4, -0.2) is 91.6 Å². The van der Waals surface area contributed by atoms with Gasteiger partial charge in [0.05, 0.1) is 47.3 Å². The number of hydrogen-bond acceptors (Lipinski definition) is 9. The molecular formula is C39H45Cl2N7O6. The van der Waals surface area contributed by atoms with E-state index >= 15 is 0 Å². The van der Waals surface area contributed by atoms with Crippen LogP contribution in [0.25, 0.3) is 33.6 Å². The minimum atomic E-state index is -0.703. The summed E-state index contributed by atoms with van der Waals surface area (Å²) in [4.78, 5) is 50.1. The van der Waals surface area contributed by atoms with Crippen LogP contribution < -0.4 is 10.1 Å². The van der Waals surface area contributed by atoms with Gasteiger partial charge < -0.3 is 29.3 Å². The second kappa shape index (κ2) is 15.5. The van der Waals surface area contributed by atoms with E-state index in [2.05, 4.69) is 15.4 Å². The first-order valence-corrected chi connectivity index (χ1v) is 18.5. The highest BCUT2D eigenvalue weighted by molar-refractivity contribution is 6.39. The number of hydrogen-bond donors (Lipinski definition) is 1. The van der Waals surface area contributed by atoms with E-state index in [4.69, 9.17) is 42.4 Å². The summed E-state index contributed by atoms with van der Waals surface area (Å²) in [7, 11) is 1.52. The van der Waals surface area contributed by atoms with Gasteiger partial charge in [0.2, 0.25) is 11.8 Å². The van der Waals surface area contributed by atoms with Crippen LogP contribution in [-0.2, 0) is 20.8 Å². The number of nitrogens with zero attached hydrogens (tertiary/aromatic N) is 6. The molecule has 6 rings (SSSR count). The van der Waals surface area contributed by atoms with Crippen LogP contribution in [0.1, 0.15) is 66.0 Å². The molecule has 1 atom stereocenters. The zero-order chi connectivity index (χ0) is 38.9. The van der Waals surface area contributed by atoms with Crippen LogP contribution in [0.4, 0.5) is 9.59 Å². The third-order valence-electron chi connectivity index (χ3n) is 8.89. The van der Waals surface area contributed by atoms with Gasteiger partial charge in [0.1, 0.15) is 11.2 Å². The van der Waals surface area contributed by atoms with E-state index in [0.29, 0.717) is 75.5 Å². The van der Waals surface area contributed by atoms with Crippen molar-refractivity contribution in [2.24, 2.45) is 0 Å². The highest BCUT2D eigenvalue weighted by Crippen LogP contribution is 2.42. The van der Waals surface area contributed by atoms with Gasteiger partial charge in [-0.3, -0.25) is 14.5 Å². The van der Waals surface area contributed by atoms with Crippen molar-refractivity contribution in [3.8, 4) is 39.5 Å². The van der Waals surface area contributed by atoms with Gasteiger partial charge in [-0.1, -0.05) is 41.4 Å². The average Bonchev–Trinajstić information content (AvgIpc) is 3.71. The van der Waals surface area contributed by atoms with E-state index in [1.807, 2.05) is 82.8 Å². The Labute approximate surface area is 324 Å². The predicted octanol–water partition coefficient (Wildman–Crippen LogP) is 7.80. The number of rotatable bonds is 9. The number of halogens is 2. The number of likely N-dealkylation sites (tertiary alicyclic amines) is 1. The van der Waals surface area contributed by atoms with Crippen molar-refractivity contribution in [2.75, 3.05) is 26.7 Å². The number of carbonyl (C=O) groups is 3. The van der Waals surface area contributed by atoms with Gasteiger partial charge in [0.25, 0.3) is 0 Å². The van der Waals surface area contributed by atoms with Crippen LogP contribution in [0.15, 0.2) is 55.0 Å². The summed E-state index contributed by atoms with van der Waals surface area (Å²) in [5.74, 6) is 0.283. The molecule has 0 saturated carbocycles. The molecule has 1 N–H and O–H groups in total. The molecule has 0 bridgehead atoms. The summed E-state index contributed by atoms with van der Waals surface area (Å²) in [5.41, 5.74) is 3.23. The molecule has 2 fully saturated rings. The molecule has 286 valence electrons. The van der Waals surface area contributed by atoms with Gasteiger partial charge in [-0.2, -0.15) is 5.10 Å². The molecule has 0 aliphatic carbocycles. The Hall–Kier alpha value is -4.88. The number of ether oxygens (including phenoxy) is 3. The molecule has 15 heteroatoms. The molecule has 0 radical (unpaired) electrons. The Bertz CT molecular complexity index is 2050. The Morgan fingerprint density at radius 3 is 2.33 bits per heavy atom. The van der Waals surface area contributed by atoms with Crippen LogP contribution >= 0.6 is 23.2 Å². The zero-order valence-corrected chi connectivity index (χ0v) is 33.0. The molecule has 0 spiro atoms. The Kier molecular flexibility index (Phi) is 11.1. The van der Waals surface area contributed by atoms with Gasteiger partial charge in [0.15, 0.2) is 0 Å². The normalized spacial score (nSPS) is 16.1. The lowest BCUT2D eigenvalue weighted by atomic mass is 10.00. The van der Waals surface area contributed by atoms with Crippen molar-refractivity contribution in [3.05, 3.63) is 70.6 Å². The Morgan fingerprint density at radius 2 is 1.67 bits per heavy atom. The molecule has 2 aliphatic rings. The van der Waals surface area contributed by atoms with Gasteiger partial charge in [-0.05, 0) is 66.2 Å². The number of methoxy groups -OCH3 is 1. The van der Waals surface area contributed by atoms with Gasteiger partial charge in [-0.15, -0.1) is 0 Å². The van der Waals surface area contributed by atoms with E-state index in [-0.39, 0.29) is 37.2 Å². The van der Waals surface area contributed by atoms with Gasteiger partial charge in [0, 0.05) is 72.3 Å². The molecule has 5 heterocycles. The summed E-state index contributed by atoms with van der Waals surface area (Å²) in [6.07, 6.45) is 5.46. The summed E-state index contributed by atoms with van der Waals surface area (Å²) in [6.45, 7) is 12.4. The number of benzene rings is 1. The molecule has 0 unspecified atom stereocenters. The molecule has 2 aliphatic heterocycles. The van der Waals surface area contributed by atoms with Crippen molar-refractivity contribution < 1.29 is 28.6 Å². The summed E-state index contributed by atoms with van der Waals surface area (Å²) in [6, 6.07) is 10.9. The average molecular weight is 779 g/mol. The number of nitrogens with one attached hydrogen (secondary N) is 1. The molecule has 3 aromatic heterocycles. The minimum Gasteiger partial charge on any atom is -0.481 e. The molecule has 4 aromatic rings. The smallest absolute Gasteiger partial charge is 0.410 e. The first-order chi connectivity index (χ1) is 25.5. The van der Waals surface area contributed by atoms with Crippen molar-refractivity contribution in [2.45, 2.75) is 84.2 Å².